The van der Waals surface area contributed by atoms with Gasteiger partial charge in [-0.25, -0.2) is 14.4 Å². The van der Waals surface area contributed by atoms with Gasteiger partial charge in [0, 0.05) is 41.2 Å². The van der Waals surface area contributed by atoms with Crippen LogP contribution in [-0.2, 0) is 32.0 Å². The van der Waals surface area contributed by atoms with Crippen molar-refractivity contribution in [1.29, 1.82) is 0 Å². The van der Waals surface area contributed by atoms with Gasteiger partial charge in [-0.1, -0.05) is 41.9 Å². The van der Waals surface area contributed by atoms with Crippen LogP contribution in [0.25, 0.3) is 0 Å². The van der Waals surface area contributed by atoms with Crippen LogP contribution >= 0.6 is 11.6 Å². The van der Waals surface area contributed by atoms with Gasteiger partial charge in [0.15, 0.2) is 0 Å². The standard InChI is InChI=1S/C24H29ClN2O2.C4H4O4/c1-2-29-24(28)10-5-6-15-26-16-7-17-27-22-9-4-3-8-19(22)11-12-20-13-14-21(25)18-23(20)27;5-3(6)1-2-4(7)8/h3-5,8-10,13-14,18,26H,2,6-7,11-12,15-17H2,1H3;1-2H,(H,5,6)(H,7,8)/b10-5+;2-1-. The summed E-state index contributed by atoms with van der Waals surface area (Å²) in [5, 5.41) is 19.9. The van der Waals surface area contributed by atoms with Crippen molar-refractivity contribution in [3.8, 4) is 0 Å². The summed E-state index contributed by atoms with van der Waals surface area (Å²) >= 11 is 6.32. The number of halogens is 1. The van der Waals surface area contributed by atoms with Gasteiger partial charge in [0.25, 0.3) is 0 Å². The molecular formula is C28H33ClN2O6. The summed E-state index contributed by atoms with van der Waals surface area (Å²) in [6, 6.07) is 14.9. The van der Waals surface area contributed by atoms with Gasteiger partial charge < -0.3 is 25.2 Å². The molecule has 0 aliphatic carbocycles. The van der Waals surface area contributed by atoms with Crippen LogP contribution in [0.2, 0.25) is 5.02 Å². The molecule has 1 heterocycles. The molecule has 2 aromatic carbocycles. The summed E-state index contributed by atoms with van der Waals surface area (Å²) in [5.74, 6) is -2.79. The van der Waals surface area contributed by atoms with E-state index in [-0.39, 0.29) is 5.97 Å². The molecule has 3 rings (SSSR count). The number of fused-ring (bicyclic) bond motifs is 2. The number of ether oxygens (including phenoxy) is 1. The maximum absolute atomic E-state index is 11.3. The quantitative estimate of drug-likeness (QED) is 0.217. The van der Waals surface area contributed by atoms with Crippen LogP contribution in [0.3, 0.4) is 0 Å². The van der Waals surface area contributed by atoms with E-state index < -0.39 is 11.9 Å². The third-order valence-corrected chi connectivity index (χ3v) is 5.65. The Balaban J connectivity index is 0.000000521. The van der Waals surface area contributed by atoms with Crippen molar-refractivity contribution in [3.63, 3.8) is 0 Å². The minimum Gasteiger partial charge on any atom is -0.478 e. The van der Waals surface area contributed by atoms with E-state index >= 15 is 0 Å². The summed E-state index contributed by atoms with van der Waals surface area (Å²) in [5.41, 5.74) is 5.24. The maximum Gasteiger partial charge on any atom is 0.330 e. The van der Waals surface area contributed by atoms with Crippen LogP contribution in [-0.4, -0.2) is 54.4 Å². The third kappa shape index (κ3) is 10.9. The van der Waals surface area contributed by atoms with Crippen molar-refractivity contribution in [2.24, 2.45) is 0 Å². The molecule has 0 saturated heterocycles. The number of anilines is 2. The molecule has 0 bridgehead atoms. The molecule has 0 fully saturated rings. The Hall–Kier alpha value is -3.62. The topological polar surface area (TPSA) is 116 Å². The van der Waals surface area contributed by atoms with E-state index in [1.807, 2.05) is 19.1 Å². The molecule has 0 aromatic heterocycles. The number of carboxylic acids is 2. The number of hydrogen-bond acceptors (Lipinski definition) is 6. The normalized spacial score (nSPS) is 12.3. The van der Waals surface area contributed by atoms with Gasteiger partial charge in [-0.05, 0) is 75.0 Å². The van der Waals surface area contributed by atoms with Crippen molar-refractivity contribution in [1.82, 2.24) is 5.32 Å². The van der Waals surface area contributed by atoms with Gasteiger partial charge >= 0.3 is 17.9 Å². The number of para-hydroxylation sites is 1. The number of carbonyl (C=O) groups excluding carboxylic acids is 1. The van der Waals surface area contributed by atoms with E-state index in [1.165, 1.54) is 28.6 Å². The Morgan fingerprint density at radius 3 is 2.32 bits per heavy atom. The van der Waals surface area contributed by atoms with Crippen LogP contribution in [0, 0.1) is 0 Å². The van der Waals surface area contributed by atoms with Crippen LogP contribution in [0.4, 0.5) is 11.4 Å². The smallest absolute Gasteiger partial charge is 0.330 e. The lowest BCUT2D eigenvalue weighted by Crippen LogP contribution is -2.24. The first-order valence-corrected chi connectivity index (χ1v) is 12.5. The molecule has 8 nitrogen and oxygen atoms in total. The highest BCUT2D eigenvalue weighted by Crippen LogP contribution is 2.37. The second-order valence-electron chi connectivity index (χ2n) is 8.11. The monoisotopic (exact) mass is 528 g/mol. The van der Waals surface area contributed by atoms with Crippen LogP contribution in [0.1, 0.15) is 30.9 Å². The van der Waals surface area contributed by atoms with Crippen molar-refractivity contribution in [3.05, 3.63) is 82.9 Å². The maximum atomic E-state index is 11.3. The molecular weight excluding hydrogens is 496 g/mol. The molecule has 3 N–H and O–H groups in total. The van der Waals surface area contributed by atoms with Gasteiger partial charge in [0.1, 0.15) is 0 Å². The lowest BCUT2D eigenvalue weighted by molar-refractivity contribution is -0.137. The Morgan fingerprint density at radius 2 is 1.65 bits per heavy atom. The highest BCUT2D eigenvalue weighted by molar-refractivity contribution is 6.30. The van der Waals surface area contributed by atoms with Crippen molar-refractivity contribution < 1.29 is 29.3 Å². The molecule has 198 valence electrons. The number of aryl methyl sites for hydroxylation is 2. The van der Waals surface area contributed by atoms with Crippen molar-refractivity contribution in [2.75, 3.05) is 31.1 Å². The number of hydrogen-bond donors (Lipinski definition) is 3. The number of aliphatic carboxylic acids is 2. The van der Waals surface area contributed by atoms with E-state index in [0.29, 0.717) is 18.8 Å². The van der Waals surface area contributed by atoms with E-state index in [4.69, 9.17) is 26.6 Å². The Morgan fingerprint density at radius 1 is 0.973 bits per heavy atom. The van der Waals surface area contributed by atoms with Crippen molar-refractivity contribution >= 4 is 40.9 Å². The zero-order chi connectivity index (χ0) is 27.0. The average Bonchev–Trinajstić information content (AvgIpc) is 3.01. The fraction of sp³-hybridized carbons (Fsp3) is 0.321. The number of carbonyl (C=O) groups is 3. The zero-order valence-electron chi connectivity index (χ0n) is 20.9. The summed E-state index contributed by atoms with van der Waals surface area (Å²) in [6.07, 6.45) is 8.38. The molecule has 37 heavy (non-hydrogen) atoms. The van der Waals surface area contributed by atoms with Gasteiger partial charge in [0.2, 0.25) is 0 Å². The molecule has 0 amide bonds. The number of benzene rings is 2. The van der Waals surface area contributed by atoms with E-state index in [2.05, 4.69) is 46.6 Å². The highest BCUT2D eigenvalue weighted by atomic mass is 35.5. The predicted molar refractivity (Wildman–Crippen MR) is 145 cm³/mol. The van der Waals surface area contributed by atoms with E-state index in [9.17, 15) is 14.4 Å². The van der Waals surface area contributed by atoms with Gasteiger partial charge in [-0.2, -0.15) is 0 Å². The number of nitrogens with one attached hydrogen (secondary N) is 1. The van der Waals surface area contributed by atoms with Crippen LogP contribution < -0.4 is 10.2 Å². The Bertz CT molecular complexity index is 1100. The second kappa shape index (κ2) is 16.2. The largest absolute Gasteiger partial charge is 0.478 e. The summed E-state index contributed by atoms with van der Waals surface area (Å²) in [7, 11) is 0. The number of carboxylic acid groups (broad SMARTS) is 2. The van der Waals surface area contributed by atoms with E-state index in [1.54, 1.807) is 0 Å². The molecule has 1 aliphatic rings. The second-order valence-corrected chi connectivity index (χ2v) is 8.55. The first-order chi connectivity index (χ1) is 17.8. The van der Waals surface area contributed by atoms with Gasteiger partial charge in [-0.3, -0.25) is 0 Å². The van der Waals surface area contributed by atoms with Crippen molar-refractivity contribution in [2.45, 2.75) is 32.6 Å². The van der Waals surface area contributed by atoms with Crippen LogP contribution in [0.15, 0.2) is 66.8 Å². The molecule has 0 radical (unpaired) electrons. The number of nitrogens with zero attached hydrogens (tertiary/aromatic N) is 1. The van der Waals surface area contributed by atoms with E-state index in [0.717, 1.165) is 50.3 Å². The van der Waals surface area contributed by atoms with Gasteiger partial charge in [0.05, 0.1) is 6.61 Å². The fourth-order valence-electron chi connectivity index (χ4n) is 3.81. The fourth-order valence-corrected chi connectivity index (χ4v) is 3.98. The van der Waals surface area contributed by atoms with Gasteiger partial charge in [-0.15, -0.1) is 0 Å². The molecule has 2 aromatic rings. The summed E-state index contributed by atoms with van der Waals surface area (Å²) < 4.78 is 4.87. The molecule has 0 atom stereocenters. The first-order valence-electron chi connectivity index (χ1n) is 12.1. The Kier molecular flexibility index (Phi) is 13.0. The third-order valence-electron chi connectivity index (χ3n) is 5.42. The zero-order valence-corrected chi connectivity index (χ0v) is 21.6. The first kappa shape index (κ1) is 29.6. The molecule has 0 saturated carbocycles. The highest BCUT2D eigenvalue weighted by Gasteiger charge is 2.20. The summed E-state index contributed by atoms with van der Waals surface area (Å²) in [4.78, 5) is 32.8. The molecule has 1 aliphatic heterocycles. The molecule has 0 unspecified atom stereocenters. The van der Waals surface area contributed by atoms with Crippen LogP contribution in [0.5, 0.6) is 0 Å². The predicted octanol–water partition coefficient (Wildman–Crippen LogP) is 4.78. The number of esters is 1. The Labute approximate surface area is 222 Å². The molecule has 9 heteroatoms. The summed E-state index contributed by atoms with van der Waals surface area (Å²) in [6.45, 7) is 4.91. The molecule has 0 spiro atoms. The lowest BCUT2D eigenvalue weighted by atomic mass is 10.0. The SMILES string of the molecule is CCOC(=O)/C=C/CCNCCCN1c2ccccc2CCc2ccc(Cl)cc21.O=C(O)/C=C\C(=O)O. The minimum atomic E-state index is -1.26. The lowest BCUT2D eigenvalue weighted by Gasteiger charge is -2.27. The minimum absolute atomic E-state index is 0.273. The number of rotatable bonds is 11. The average molecular weight is 529 g/mol.